The highest BCUT2D eigenvalue weighted by atomic mass is 16.5. The van der Waals surface area contributed by atoms with Gasteiger partial charge >= 0.3 is 6.01 Å². The Morgan fingerprint density at radius 3 is 3.12 bits per heavy atom. The Kier molecular flexibility index (Phi) is 2.71. The SMILES string of the molecule is c1cnc(OCC2CNCc3ccnn32)nc1. The zero-order valence-corrected chi connectivity index (χ0v) is 9.28. The molecular weight excluding hydrogens is 218 g/mol. The van der Waals surface area contributed by atoms with E-state index in [1.165, 1.54) is 5.69 Å². The molecule has 17 heavy (non-hydrogen) atoms. The van der Waals surface area contributed by atoms with Crippen molar-refractivity contribution >= 4 is 0 Å². The first-order valence-electron chi connectivity index (χ1n) is 5.56. The molecule has 0 radical (unpaired) electrons. The third kappa shape index (κ3) is 2.12. The van der Waals surface area contributed by atoms with Crippen molar-refractivity contribution in [2.24, 2.45) is 0 Å². The molecule has 3 heterocycles. The van der Waals surface area contributed by atoms with Crippen molar-refractivity contribution in [2.45, 2.75) is 12.6 Å². The van der Waals surface area contributed by atoms with Crippen LogP contribution >= 0.6 is 0 Å². The molecule has 0 spiro atoms. The number of hydrogen-bond donors (Lipinski definition) is 1. The number of rotatable bonds is 3. The highest BCUT2D eigenvalue weighted by Gasteiger charge is 2.20. The molecule has 0 fully saturated rings. The second kappa shape index (κ2) is 4.50. The molecule has 0 aliphatic carbocycles. The largest absolute Gasteiger partial charge is 0.461 e. The van der Waals surface area contributed by atoms with E-state index < -0.39 is 0 Å². The van der Waals surface area contributed by atoms with Gasteiger partial charge in [0, 0.05) is 31.7 Å². The van der Waals surface area contributed by atoms with E-state index in [0.717, 1.165) is 13.1 Å². The van der Waals surface area contributed by atoms with Crippen molar-refractivity contribution in [3.05, 3.63) is 36.4 Å². The van der Waals surface area contributed by atoms with E-state index >= 15 is 0 Å². The van der Waals surface area contributed by atoms with Gasteiger partial charge in [0.25, 0.3) is 0 Å². The topological polar surface area (TPSA) is 64.9 Å². The quantitative estimate of drug-likeness (QED) is 0.828. The standard InChI is InChI=1S/C11H13N5O/c1-3-13-11(14-4-1)17-8-10-7-12-6-9-2-5-15-16(9)10/h1-5,10,12H,6-8H2. The van der Waals surface area contributed by atoms with Crippen molar-refractivity contribution in [3.63, 3.8) is 0 Å². The van der Waals surface area contributed by atoms with Gasteiger partial charge in [-0.3, -0.25) is 4.68 Å². The van der Waals surface area contributed by atoms with Crippen LogP contribution in [0.4, 0.5) is 0 Å². The van der Waals surface area contributed by atoms with Crippen LogP contribution in [0.3, 0.4) is 0 Å². The predicted octanol–water partition coefficient (Wildman–Crippen LogP) is 0.396. The molecule has 0 aromatic carbocycles. The maximum atomic E-state index is 5.55. The molecule has 6 nitrogen and oxygen atoms in total. The fraction of sp³-hybridized carbons (Fsp3) is 0.364. The van der Waals surface area contributed by atoms with Crippen LogP contribution in [-0.2, 0) is 6.54 Å². The molecule has 3 rings (SSSR count). The number of nitrogens with one attached hydrogen (secondary N) is 1. The Morgan fingerprint density at radius 2 is 2.24 bits per heavy atom. The first kappa shape index (κ1) is 10.2. The van der Waals surface area contributed by atoms with E-state index in [-0.39, 0.29) is 6.04 Å². The molecule has 88 valence electrons. The van der Waals surface area contributed by atoms with Gasteiger partial charge in [0.2, 0.25) is 0 Å². The van der Waals surface area contributed by atoms with Crippen LogP contribution in [0.1, 0.15) is 11.7 Å². The summed E-state index contributed by atoms with van der Waals surface area (Å²) in [5, 5.41) is 7.64. The van der Waals surface area contributed by atoms with Gasteiger partial charge in [-0.05, 0) is 12.1 Å². The molecular formula is C11H13N5O. The lowest BCUT2D eigenvalue weighted by molar-refractivity contribution is 0.206. The van der Waals surface area contributed by atoms with Gasteiger partial charge in [-0.2, -0.15) is 5.10 Å². The Balaban J connectivity index is 1.68. The zero-order chi connectivity index (χ0) is 11.5. The van der Waals surface area contributed by atoms with Crippen molar-refractivity contribution in [3.8, 4) is 6.01 Å². The highest BCUT2D eigenvalue weighted by Crippen LogP contribution is 2.14. The van der Waals surface area contributed by atoms with Crippen LogP contribution < -0.4 is 10.1 Å². The third-order valence-electron chi connectivity index (χ3n) is 2.73. The second-order valence-electron chi connectivity index (χ2n) is 3.89. The lowest BCUT2D eigenvalue weighted by Gasteiger charge is -2.24. The van der Waals surface area contributed by atoms with Gasteiger partial charge in [-0.25, -0.2) is 9.97 Å². The average Bonchev–Trinajstić information content (AvgIpc) is 2.86. The molecule has 0 saturated carbocycles. The summed E-state index contributed by atoms with van der Waals surface area (Å²) in [6.45, 7) is 2.23. The van der Waals surface area contributed by atoms with Gasteiger partial charge in [-0.15, -0.1) is 0 Å². The Bertz CT molecular complexity index is 484. The van der Waals surface area contributed by atoms with E-state index in [0.29, 0.717) is 12.6 Å². The van der Waals surface area contributed by atoms with Gasteiger partial charge in [0.05, 0.1) is 11.7 Å². The minimum Gasteiger partial charge on any atom is -0.461 e. The van der Waals surface area contributed by atoms with E-state index in [1.807, 2.05) is 16.9 Å². The first-order valence-corrected chi connectivity index (χ1v) is 5.56. The Hall–Kier alpha value is -1.95. The molecule has 6 heteroatoms. The summed E-state index contributed by atoms with van der Waals surface area (Å²) in [6, 6.07) is 4.38. The summed E-state index contributed by atoms with van der Waals surface area (Å²) in [6.07, 6.45) is 5.15. The van der Waals surface area contributed by atoms with E-state index in [9.17, 15) is 0 Å². The molecule has 0 saturated heterocycles. The summed E-state index contributed by atoms with van der Waals surface area (Å²) in [4.78, 5) is 8.05. The van der Waals surface area contributed by atoms with E-state index in [2.05, 4.69) is 20.4 Å². The predicted molar refractivity (Wildman–Crippen MR) is 60.5 cm³/mol. The maximum absolute atomic E-state index is 5.55. The van der Waals surface area contributed by atoms with E-state index in [1.54, 1.807) is 18.5 Å². The minimum atomic E-state index is 0.192. The number of aromatic nitrogens is 4. The van der Waals surface area contributed by atoms with Crippen molar-refractivity contribution in [1.82, 2.24) is 25.1 Å². The summed E-state index contributed by atoms with van der Waals surface area (Å²) >= 11 is 0. The molecule has 0 bridgehead atoms. The summed E-state index contributed by atoms with van der Waals surface area (Å²) in [7, 11) is 0. The number of nitrogens with zero attached hydrogens (tertiary/aromatic N) is 4. The van der Waals surface area contributed by atoms with Crippen LogP contribution in [0.15, 0.2) is 30.7 Å². The highest BCUT2D eigenvalue weighted by molar-refractivity contribution is 5.05. The summed E-state index contributed by atoms with van der Waals surface area (Å²) in [5.41, 5.74) is 1.18. The Morgan fingerprint density at radius 1 is 1.35 bits per heavy atom. The average molecular weight is 231 g/mol. The Labute approximate surface area is 98.7 Å². The van der Waals surface area contributed by atoms with Gasteiger partial charge in [0.1, 0.15) is 6.61 Å². The molecule has 1 unspecified atom stereocenters. The lowest BCUT2D eigenvalue weighted by Crippen LogP contribution is -2.36. The fourth-order valence-corrected chi connectivity index (χ4v) is 1.92. The molecule has 1 aliphatic heterocycles. The van der Waals surface area contributed by atoms with Crippen molar-refractivity contribution in [2.75, 3.05) is 13.2 Å². The van der Waals surface area contributed by atoms with Gasteiger partial charge in [0.15, 0.2) is 0 Å². The van der Waals surface area contributed by atoms with Gasteiger partial charge < -0.3 is 10.1 Å². The summed E-state index contributed by atoms with van der Waals surface area (Å²) in [5.74, 6) is 0. The van der Waals surface area contributed by atoms with Gasteiger partial charge in [-0.1, -0.05) is 0 Å². The van der Waals surface area contributed by atoms with Crippen LogP contribution in [0, 0.1) is 0 Å². The summed E-state index contributed by atoms with van der Waals surface area (Å²) < 4.78 is 7.55. The van der Waals surface area contributed by atoms with Crippen LogP contribution in [0.5, 0.6) is 6.01 Å². The van der Waals surface area contributed by atoms with E-state index in [4.69, 9.17) is 4.74 Å². The smallest absolute Gasteiger partial charge is 0.316 e. The normalized spacial score (nSPS) is 18.7. The molecule has 1 atom stereocenters. The van der Waals surface area contributed by atoms with Crippen LogP contribution in [-0.4, -0.2) is 32.9 Å². The molecule has 2 aromatic rings. The maximum Gasteiger partial charge on any atom is 0.316 e. The molecule has 1 N–H and O–H groups in total. The van der Waals surface area contributed by atoms with Crippen LogP contribution in [0.25, 0.3) is 0 Å². The van der Waals surface area contributed by atoms with Crippen molar-refractivity contribution in [1.29, 1.82) is 0 Å². The molecule has 2 aromatic heterocycles. The molecule has 1 aliphatic rings. The zero-order valence-electron chi connectivity index (χ0n) is 9.28. The lowest BCUT2D eigenvalue weighted by atomic mass is 10.2. The molecule has 0 amide bonds. The fourth-order valence-electron chi connectivity index (χ4n) is 1.92. The first-order chi connectivity index (χ1) is 8.43. The number of ether oxygens (including phenoxy) is 1. The third-order valence-corrected chi connectivity index (χ3v) is 2.73. The number of fused-ring (bicyclic) bond motifs is 1. The number of hydrogen-bond acceptors (Lipinski definition) is 5. The van der Waals surface area contributed by atoms with Crippen molar-refractivity contribution < 1.29 is 4.74 Å². The second-order valence-corrected chi connectivity index (χ2v) is 3.89. The van der Waals surface area contributed by atoms with Crippen LogP contribution in [0.2, 0.25) is 0 Å². The minimum absolute atomic E-state index is 0.192. The monoisotopic (exact) mass is 231 g/mol.